The fourth-order valence-corrected chi connectivity index (χ4v) is 3.19. The molecule has 0 saturated carbocycles. The van der Waals surface area contributed by atoms with Gasteiger partial charge in [-0.15, -0.1) is 0 Å². The molecule has 0 spiro atoms. The number of benzene rings is 2. The van der Waals surface area contributed by atoms with E-state index in [2.05, 4.69) is 5.32 Å². The van der Waals surface area contributed by atoms with Crippen LogP contribution in [0.15, 0.2) is 48.5 Å². The summed E-state index contributed by atoms with van der Waals surface area (Å²) in [5, 5.41) is 13.1. The smallest absolute Gasteiger partial charge is 0.585 e. The Hall–Kier alpha value is -0.800. The van der Waals surface area contributed by atoms with Gasteiger partial charge in [-0.3, -0.25) is 0 Å². The maximum atomic E-state index is 11.5. The summed E-state index contributed by atoms with van der Waals surface area (Å²) in [6, 6.07) is 13.9. The molecule has 9 heteroatoms. The SMILES string of the molecule is O=C([O-])Cc1ccc(Oc2ccc(CC3SC(=O)[N-]C3=O)cc2)cc1.[Na+].[Na+]. The Bertz CT molecular complexity index is 812. The van der Waals surface area contributed by atoms with E-state index in [4.69, 9.17) is 4.74 Å². The maximum Gasteiger partial charge on any atom is 1.00 e. The van der Waals surface area contributed by atoms with Crippen LogP contribution in [0, 0.1) is 0 Å². The van der Waals surface area contributed by atoms with Crippen molar-refractivity contribution in [3.05, 3.63) is 65.0 Å². The van der Waals surface area contributed by atoms with Crippen LogP contribution in [0.4, 0.5) is 4.79 Å². The second-order valence-corrected chi connectivity index (χ2v) is 6.62. The number of imide groups is 1. The molecule has 2 aromatic carbocycles. The molecular formula is C18H13NNa2O5S. The molecule has 0 aliphatic carbocycles. The van der Waals surface area contributed by atoms with Crippen LogP contribution in [0.3, 0.4) is 0 Å². The van der Waals surface area contributed by atoms with Crippen LogP contribution >= 0.6 is 11.8 Å². The van der Waals surface area contributed by atoms with Gasteiger partial charge in [0.05, 0.1) is 11.2 Å². The van der Waals surface area contributed by atoms with Gasteiger partial charge in [-0.05, 0) is 41.8 Å². The molecule has 1 heterocycles. The summed E-state index contributed by atoms with van der Waals surface area (Å²) in [6.07, 6.45) is 0.304. The number of carboxylic acid groups (broad SMARTS) is 1. The minimum absolute atomic E-state index is 0. The van der Waals surface area contributed by atoms with Gasteiger partial charge in [0, 0.05) is 12.4 Å². The average Bonchev–Trinajstić information content (AvgIpc) is 2.88. The van der Waals surface area contributed by atoms with Gasteiger partial charge < -0.3 is 29.5 Å². The molecule has 1 unspecified atom stereocenters. The molecule has 1 fully saturated rings. The first-order valence-electron chi connectivity index (χ1n) is 7.51. The Morgan fingerprint density at radius 3 is 1.93 bits per heavy atom. The van der Waals surface area contributed by atoms with E-state index in [9.17, 15) is 19.5 Å². The van der Waals surface area contributed by atoms with Crippen LogP contribution in [0.25, 0.3) is 5.32 Å². The number of hydrogen-bond donors (Lipinski definition) is 0. The molecule has 1 atom stereocenters. The van der Waals surface area contributed by atoms with Crippen molar-refractivity contribution < 1.29 is 83.3 Å². The monoisotopic (exact) mass is 401 g/mol. The zero-order valence-electron chi connectivity index (χ0n) is 15.0. The number of amides is 2. The summed E-state index contributed by atoms with van der Waals surface area (Å²) < 4.78 is 5.69. The summed E-state index contributed by atoms with van der Waals surface area (Å²) in [5.41, 5.74) is 1.55. The van der Waals surface area contributed by atoms with Crippen molar-refractivity contribution in [3.8, 4) is 11.5 Å². The van der Waals surface area contributed by atoms with Crippen molar-refractivity contribution in [1.29, 1.82) is 0 Å². The van der Waals surface area contributed by atoms with Gasteiger partial charge in [-0.2, -0.15) is 0 Å². The molecule has 128 valence electrons. The zero-order valence-corrected chi connectivity index (χ0v) is 19.8. The zero-order chi connectivity index (χ0) is 17.8. The van der Waals surface area contributed by atoms with Crippen LogP contribution in [-0.2, 0) is 22.4 Å². The van der Waals surface area contributed by atoms with Gasteiger partial charge in [0.2, 0.25) is 0 Å². The molecule has 0 radical (unpaired) electrons. The van der Waals surface area contributed by atoms with E-state index < -0.39 is 16.5 Å². The molecule has 1 aliphatic rings. The van der Waals surface area contributed by atoms with Crippen molar-refractivity contribution >= 4 is 28.9 Å². The molecule has 27 heavy (non-hydrogen) atoms. The number of carbonyl (C=O) groups excluding carboxylic acids is 3. The second kappa shape index (κ2) is 11.3. The Labute approximate surface area is 205 Å². The molecule has 0 N–H and O–H groups in total. The summed E-state index contributed by atoms with van der Waals surface area (Å²) in [7, 11) is 0. The third-order valence-electron chi connectivity index (χ3n) is 3.57. The molecule has 1 saturated heterocycles. The maximum absolute atomic E-state index is 11.5. The van der Waals surface area contributed by atoms with Gasteiger partial charge in [0.25, 0.3) is 0 Å². The van der Waals surface area contributed by atoms with Crippen molar-refractivity contribution in [1.82, 2.24) is 0 Å². The van der Waals surface area contributed by atoms with E-state index in [0.717, 1.165) is 17.3 Å². The number of carboxylic acids is 1. The summed E-state index contributed by atoms with van der Waals surface area (Å²) in [6.45, 7) is 0. The van der Waals surface area contributed by atoms with Crippen molar-refractivity contribution in [2.24, 2.45) is 0 Å². The van der Waals surface area contributed by atoms with Gasteiger partial charge in [0.1, 0.15) is 16.7 Å². The molecule has 6 nitrogen and oxygen atoms in total. The minimum Gasteiger partial charge on any atom is -0.585 e. The third kappa shape index (κ3) is 7.27. The van der Waals surface area contributed by atoms with Gasteiger partial charge in [-0.25, -0.2) is 0 Å². The molecule has 0 aromatic heterocycles. The summed E-state index contributed by atoms with van der Waals surface area (Å²) >= 11 is 0.948. The number of rotatable bonds is 6. The topological polar surface area (TPSA) is 97.6 Å². The van der Waals surface area contributed by atoms with Crippen LogP contribution in [0.5, 0.6) is 11.5 Å². The van der Waals surface area contributed by atoms with E-state index >= 15 is 0 Å². The standard InChI is InChI=1S/C18H15NO5S.2Na/c20-16(21)10-12-3-7-14(8-4-12)24-13-5-1-11(2-6-13)9-15-17(22)19-18(23)25-15;;/h1-8,15H,9-10H2,(H2,19,20,21,22,23);;/q;2*+1/p-2. The van der Waals surface area contributed by atoms with Crippen LogP contribution in [0.1, 0.15) is 11.1 Å². The quantitative estimate of drug-likeness (QED) is 0.465. The number of ether oxygens (including phenoxy) is 1. The van der Waals surface area contributed by atoms with Gasteiger partial charge >= 0.3 is 59.1 Å². The molecule has 0 bridgehead atoms. The van der Waals surface area contributed by atoms with Crippen LogP contribution in [0.2, 0.25) is 0 Å². The number of carbonyl (C=O) groups is 3. The van der Waals surface area contributed by atoms with E-state index in [0.29, 0.717) is 23.5 Å². The first-order valence-corrected chi connectivity index (χ1v) is 8.39. The number of hydrogen-bond acceptors (Lipinski definition) is 6. The first kappa shape index (κ1) is 24.2. The molecule has 3 rings (SSSR count). The molecule has 1 aliphatic heterocycles. The predicted molar refractivity (Wildman–Crippen MR) is 90.5 cm³/mol. The molecule has 2 aromatic rings. The van der Waals surface area contributed by atoms with Crippen molar-refractivity contribution in [3.63, 3.8) is 0 Å². The third-order valence-corrected chi connectivity index (χ3v) is 4.52. The van der Waals surface area contributed by atoms with Gasteiger partial charge in [0.15, 0.2) is 0 Å². The van der Waals surface area contributed by atoms with E-state index in [1.807, 2.05) is 12.1 Å². The first-order chi connectivity index (χ1) is 12.0. The predicted octanol–water partition coefficient (Wildman–Crippen LogP) is -3.54. The Kier molecular flexibility index (Phi) is 10.1. The fraction of sp³-hybridized carbons (Fsp3) is 0.167. The Morgan fingerprint density at radius 1 is 0.963 bits per heavy atom. The number of aliphatic carboxylic acids is 1. The second-order valence-electron chi connectivity index (χ2n) is 5.47. The Balaban J connectivity index is 0.00000182. The normalized spacial score (nSPS) is 15.3. The summed E-state index contributed by atoms with van der Waals surface area (Å²) in [5.74, 6) is -0.312. The van der Waals surface area contributed by atoms with Crippen molar-refractivity contribution in [2.75, 3.05) is 0 Å². The Morgan fingerprint density at radius 2 is 1.48 bits per heavy atom. The molecular weight excluding hydrogens is 388 g/mol. The average molecular weight is 401 g/mol. The summed E-state index contributed by atoms with van der Waals surface area (Å²) in [4.78, 5) is 33.2. The minimum atomic E-state index is -1.13. The van der Waals surface area contributed by atoms with E-state index in [1.54, 1.807) is 36.4 Å². The molecule has 2 amide bonds. The van der Waals surface area contributed by atoms with E-state index in [1.165, 1.54) is 0 Å². The van der Waals surface area contributed by atoms with Crippen molar-refractivity contribution in [2.45, 2.75) is 18.1 Å². The fourth-order valence-electron chi connectivity index (χ4n) is 2.38. The van der Waals surface area contributed by atoms with Crippen LogP contribution in [-0.4, -0.2) is 22.4 Å². The largest absolute Gasteiger partial charge is 1.00 e. The van der Waals surface area contributed by atoms with Gasteiger partial charge in [-0.1, -0.05) is 36.0 Å². The number of thioether (sulfide) groups is 1. The number of nitrogens with zero attached hydrogens (tertiary/aromatic N) is 1. The van der Waals surface area contributed by atoms with Crippen LogP contribution < -0.4 is 69.0 Å². The van der Waals surface area contributed by atoms with E-state index in [-0.39, 0.29) is 71.4 Å².